The molecule has 0 unspecified atom stereocenters. The van der Waals surface area contributed by atoms with Gasteiger partial charge in [0.05, 0.1) is 24.3 Å². The number of carbonyl (C=O) groups excluding carboxylic acids is 1. The molecule has 106 valence electrons. The van der Waals surface area contributed by atoms with Crippen molar-refractivity contribution in [1.82, 2.24) is 4.90 Å². The van der Waals surface area contributed by atoms with Crippen molar-refractivity contribution in [3.8, 4) is 0 Å². The molecule has 0 aliphatic carbocycles. The molecule has 0 aromatic heterocycles. The van der Waals surface area contributed by atoms with Gasteiger partial charge in [-0.2, -0.15) is 0 Å². The van der Waals surface area contributed by atoms with E-state index in [0.717, 1.165) is 4.47 Å². The summed E-state index contributed by atoms with van der Waals surface area (Å²) in [7, 11) is -0.354. The van der Waals surface area contributed by atoms with Gasteiger partial charge in [0, 0.05) is 11.0 Å². The predicted molar refractivity (Wildman–Crippen MR) is 75.7 cm³/mol. The highest BCUT2D eigenvalue weighted by Gasteiger charge is 2.16. The Morgan fingerprint density at radius 2 is 1.89 bits per heavy atom. The van der Waals surface area contributed by atoms with Crippen LogP contribution in [0.2, 0.25) is 0 Å². The van der Waals surface area contributed by atoms with Gasteiger partial charge in [0.25, 0.3) is 0 Å². The largest absolute Gasteiger partial charge is 0.468 e. The van der Waals surface area contributed by atoms with E-state index in [2.05, 4.69) is 20.7 Å². The molecular formula is C12H16BrNO4S. The van der Waals surface area contributed by atoms with E-state index in [0.29, 0.717) is 0 Å². The molecule has 0 fully saturated rings. The van der Waals surface area contributed by atoms with Crippen LogP contribution in [-0.4, -0.2) is 52.3 Å². The lowest BCUT2D eigenvalue weighted by Crippen LogP contribution is -2.31. The van der Waals surface area contributed by atoms with Gasteiger partial charge in [0.1, 0.15) is 0 Å². The molecule has 1 aromatic rings. The third-order valence-corrected chi connectivity index (χ3v) is 4.78. The van der Waals surface area contributed by atoms with Gasteiger partial charge in [-0.15, -0.1) is 0 Å². The molecule has 0 spiro atoms. The lowest BCUT2D eigenvalue weighted by Gasteiger charge is -2.14. The molecule has 7 heteroatoms. The van der Waals surface area contributed by atoms with Crippen LogP contribution in [-0.2, 0) is 19.4 Å². The monoisotopic (exact) mass is 349 g/mol. The van der Waals surface area contributed by atoms with Gasteiger partial charge in [-0.3, -0.25) is 9.69 Å². The number of methoxy groups -OCH3 is 1. The topological polar surface area (TPSA) is 63.7 Å². The van der Waals surface area contributed by atoms with Crippen LogP contribution in [0.5, 0.6) is 0 Å². The molecule has 5 nitrogen and oxygen atoms in total. The smallest absolute Gasteiger partial charge is 0.319 e. The number of ether oxygens (including phenoxy) is 1. The molecule has 0 atom stereocenters. The first-order valence-electron chi connectivity index (χ1n) is 5.59. The fourth-order valence-corrected chi connectivity index (χ4v) is 3.00. The van der Waals surface area contributed by atoms with Crippen molar-refractivity contribution < 1.29 is 17.9 Å². The van der Waals surface area contributed by atoms with Crippen LogP contribution >= 0.6 is 15.9 Å². The molecule has 0 aliphatic heterocycles. The Kier molecular flexibility index (Phi) is 5.96. The lowest BCUT2D eigenvalue weighted by atomic mass is 10.4. The van der Waals surface area contributed by atoms with Crippen LogP contribution in [0.15, 0.2) is 33.6 Å². The average Bonchev–Trinajstić information content (AvgIpc) is 2.37. The van der Waals surface area contributed by atoms with Crippen molar-refractivity contribution in [2.45, 2.75) is 4.90 Å². The molecule has 0 saturated heterocycles. The highest BCUT2D eigenvalue weighted by atomic mass is 79.9. The van der Waals surface area contributed by atoms with E-state index in [4.69, 9.17) is 0 Å². The molecule has 0 N–H and O–H groups in total. The van der Waals surface area contributed by atoms with Crippen molar-refractivity contribution in [3.05, 3.63) is 28.7 Å². The first-order valence-corrected chi connectivity index (χ1v) is 8.03. The maximum absolute atomic E-state index is 12.0. The molecule has 0 aliphatic rings. The maximum Gasteiger partial charge on any atom is 0.319 e. The number of nitrogens with zero attached hydrogens (tertiary/aromatic N) is 1. The van der Waals surface area contributed by atoms with E-state index in [-0.39, 0.29) is 29.7 Å². The molecule has 19 heavy (non-hydrogen) atoms. The van der Waals surface area contributed by atoms with Crippen LogP contribution in [0.3, 0.4) is 0 Å². The standard InChI is InChI=1S/C12H16BrNO4S/c1-14(9-12(15)18-2)7-8-19(16,17)11-5-3-10(13)4-6-11/h3-6H,7-9H2,1-2H3. The van der Waals surface area contributed by atoms with E-state index < -0.39 is 9.84 Å². The minimum Gasteiger partial charge on any atom is -0.468 e. The van der Waals surface area contributed by atoms with Crippen molar-refractivity contribution in [3.63, 3.8) is 0 Å². The van der Waals surface area contributed by atoms with Gasteiger partial charge in [-0.25, -0.2) is 8.42 Å². The number of rotatable bonds is 6. The van der Waals surface area contributed by atoms with Crippen LogP contribution in [0, 0.1) is 0 Å². The Balaban J connectivity index is 2.61. The summed E-state index contributed by atoms with van der Waals surface area (Å²) in [6, 6.07) is 6.48. The number of carbonyl (C=O) groups is 1. The number of likely N-dealkylation sites (N-methyl/N-ethyl adjacent to an activating group) is 1. The SMILES string of the molecule is COC(=O)CN(C)CCS(=O)(=O)c1ccc(Br)cc1. The number of hydrogen-bond donors (Lipinski definition) is 0. The summed E-state index contributed by atoms with van der Waals surface area (Å²) in [6.45, 7) is 0.347. The van der Waals surface area contributed by atoms with E-state index in [9.17, 15) is 13.2 Å². The summed E-state index contributed by atoms with van der Waals surface area (Å²) in [6.07, 6.45) is 0. The highest BCUT2D eigenvalue weighted by Crippen LogP contribution is 2.15. The second-order valence-corrected chi connectivity index (χ2v) is 7.11. The summed E-state index contributed by atoms with van der Waals surface area (Å²) in [5, 5.41) is 0. The molecule has 0 saturated carbocycles. The molecule has 1 rings (SSSR count). The first-order chi connectivity index (χ1) is 8.85. The third kappa shape index (κ3) is 5.30. The second-order valence-electron chi connectivity index (χ2n) is 4.09. The maximum atomic E-state index is 12.0. The van der Waals surface area contributed by atoms with Gasteiger partial charge in [-0.1, -0.05) is 15.9 Å². The third-order valence-electron chi connectivity index (χ3n) is 2.54. The molecule has 0 amide bonds. The zero-order valence-corrected chi connectivity index (χ0v) is 13.2. The highest BCUT2D eigenvalue weighted by molar-refractivity contribution is 9.10. The Morgan fingerprint density at radius 3 is 2.42 bits per heavy atom. The van der Waals surface area contributed by atoms with Crippen molar-refractivity contribution in [2.75, 3.05) is 33.0 Å². The second kappa shape index (κ2) is 7.02. The van der Waals surface area contributed by atoms with Gasteiger partial charge in [0.2, 0.25) is 0 Å². The minimum absolute atomic E-state index is 0.0396. The van der Waals surface area contributed by atoms with E-state index >= 15 is 0 Å². The fraction of sp³-hybridized carbons (Fsp3) is 0.417. The quantitative estimate of drug-likeness (QED) is 0.725. The summed E-state index contributed by atoms with van der Waals surface area (Å²) in [4.78, 5) is 12.9. The molecular weight excluding hydrogens is 334 g/mol. The van der Waals surface area contributed by atoms with Crippen LogP contribution in [0.25, 0.3) is 0 Å². The van der Waals surface area contributed by atoms with Crippen LogP contribution < -0.4 is 0 Å². The predicted octanol–water partition coefficient (Wildman–Crippen LogP) is 1.33. The van der Waals surface area contributed by atoms with Crippen molar-refractivity contribution in [1.29, 1.82) is 0 Å². The Hall–Kier alpha value is -0.920. The van der Waals surface area contributed by atoms with Gasteiger partial charge < -0.3 is 4.74 Å². The summed E-state index contributed by atoms with van der Waals surface area (Å²) in [5.74, 6) is -0.425. The minimum atomic E-state index is -3.33. The van der Waals surface area contributed by atoms with E-state index in [1.165, 1.54) is 7.11 Å². The lowest BCUT2D eigenvalue weighted by molar-refractivity contribution is -0.141. The van der Waals surface area contributed by atoms with Gasteiger partial charge >= 0.3 is 5.97 Å². The molecule has 0 heterocycles. The number of esters is 1. The zero-order valence-electron chi connectivity index (χ0n) is 10.8. The zero-order chi connectivity index (χ0) is 14.5. The first kappa shape index (κ1) is 16.1. The van der Waals surface area contributed by atoms with E-state index in [1.807, 2.05) is 0 Å². The fourth-order valence-electron chi connectivity index (χ4n) is 1.40. The summed E-state index contributed by atoms with van der Waals surface area (Å²) >= 11 is 3.26. The average molecular weight is 350 g/mol. The number of benzene rings is 1. The number of hydrogen-bond acceptors (Lipinski definition) is 5. The van der Waals surface area contributed by atoms with Gasteiger partial charge in [-0.05, 0) is 31.3 Å². The molecule has 0 radical (unpaired) electrons. The van der Waals surface area contributed by atoms with Crippen LogP contribution in [0.1, 0.15) is 0 Å². The summed E-state index contributed by atoms with van der Waals surface area (Å²) in [5.41, 5.74) is 0. The summed E-state index contributed by atoms with van der Waals surface area (Å²) < 4.78 is 29.4. The number of halogens is 1. The Morgan fingerprint density at radius 1 is 1.32 bits per heavy atom. The van der Waals surface area contributed by atoms with E-state index in [1.54, 1.807) is 36.2 Å². The van der Waals surface area contributed by atoms with Crippen LogP contribution in [0.4, 0.5) is 0 Å². The van der Waals surface area contributed by atoms with Crippen molar-refractivity contribution >= 4 is 31.7 Å². The molecule has 0 bridgehead atoms. The number of sulfone groups is 1. The normalized spacial score (nSPS) is 11.6. The Bertz CT molecular complexity index is 527. The molecule has 1 aromatic carbocycles. The van der Waals surface area contributed by atoms with Gasteiger partial charge in [0.15, 0.2) is 9.84 Å². The Labute approximate surface area is 121 Å². The van der Waals surface area contributed by atoms with Crippen molar-refractivity contribution in [2.24, 2.45) is 0 Å².